The number of aryl methyl sites for hydroxylation is 2. The maximum Gasteiger partial charge on any atom is 0.0387 e. The van der Waals surface area contributed by atoms with Crippen molar-refractivity contribution in [3.05, 3.63) is 107 Å². The van der Waals surface area contributed by atoms with Gasteiger partial charge in [-0.15, -0.1) is 0 Å². The van der Waals surface area contributed by atoms with Crippen LogP contribution < -0.4 is 10.6 Å². The Balaban J connectivity index is 1.41. The van der Waals surface area contributed by atoms with E-state index in [1.165, 1.54) is 89.7 Å². The lowest BCUT2D eigenvalue weighted by molar-refractivity contribution is 0.571. The zero-order chi connectivity index (χ0) is 25.6. The summed E-state index contributed by atoms with van der Waals surface area (Å²) in [6, 6.07) is 31.1. The summed E-state index contributed by atoms with van der Waals surface area (Å²) in [5, 5.41) is 7.30. The minimum Gasteiger partial charge on any atom is -0.356 e. The van der Waals surface area contributed by atoms with E-state index in [1.54, 1.807) is 0 Å². The minimum atomic E-state index is 0.440. The molecule has 0 aliphatic heterocycles. The highest BCUT2D eigenvalue weighted by molar-refractivity contribution is 5.83. The highest BCUT2D eigenvalue weighted by atomic mass is 14.9. The standard InChI is InChI=1S/C35H40N2/c1-4-5-6-7-8-9-16-31-34-23-29(36-27-14-10-12-25(2)21-27)17-19-32(34)33-20-18-30(24-35(31)33)37-28-15-11-13-26(3)22-28/h10-15,17-24,31,36-37H,4-9,16H2,1-3H3. The molecule has 1 aliphatic rings. The Hall–Kier alpha value is -3.52. The smallest absolute Gasteiger partial charge is 0.0387 e. The van der Waals surface area contributed by atoms with Crippen LogP contribution in [0, 0.1) is 13.8 Å². The van der Waals surface area contributed by atoms with Crippen molar-refractivity contribution >= 4 is 22.7 Å². The van der Waals surface area contributed by atoms with Crippen molar-refractivity contribution < 1.29 is 0 Å². The van der Waals surface area contributed by atoms with Gasteiger partial charge < -0.3 is 10.6 Å². The Labute approximate surface area is 223 Å². The van der Waals surface area contributed by atoms with Crippen molar-refractivity contribution in [2.45, 2.75) is 71.6 Å². The van der Waals surface area contributed by atoms with Crippen LogP contribution in [-0.4, -0.2) is 0 Å². The van der Waals surface area contributed by atoms with E-state index in [-0.39, 0.29) is 0 Å². The molecule has 0 heterocycles. The fourth-order valence-corrected chi connectivity index (χ4v) is 5.73. The Morgan fingerprint density at radius 3 is 1.54 bits per heavy atom. The van der Waals surface area contributed by atoms with Crippen molar-refractivity contribution in [2.24, 2.45) is 0 Å². The normalized spacial score (nSPS) is 12.3. The number of hydrogen-bond acceptors (Lipinski definition) is 2. The molecular formula is C35H40N2. The molecule has 0 saturated heterocycles. The van der Waals surface area contributed by atoms with Gasteiger partial charge in [0.25, 0.3) is 0 Å². The van der Waals surface area contributed by atoms with Gasteiger partial charge in [-0.05, 0) is 102 Å². The molecule has 0 amide bonds. The average molecular weight is 489 g/mol. The van der Waals surface area contributed by atoms with Crippen LogP contribution in [0.15, 0.2) is 84.9 Å². The first kappa shape index (κ1) is 25.1. The zero-order valence-corrected chi connectivity index (χ0v) is 22.6. The summed E-state index contributed by atoms with van der Waals surface area (Å²) < 4.78 is 0. The summed E-state index contributed by atoms with van der Waals surface area (Å²) >= 11 is 0. The highest BCUT2D eigenvalue weighted by Crippen LogP contribution is 2.49. The Bertz CT molecular complexity index is 1260. The van der Waals surface area contributed by atoms with Crippen molar-refractivity contribution in [2.75, 3.05) is 10.6 Å². The molecule has 190 valence electrons. The predicted molar refractivity (Wildman–Crippen MR) is 161 cm³/mol. The number of fused-ring (bicyclic) bond motifs is 3. The quantitative estimate of drug-likeness (QED) is 0.205. The summed E-state index contributed by atoms with van der Waals surface area (Å²) in [5.41, 5.74) is 12.9. The van der Waals surface area contributed by atoms with Crippen LogP contribution in [0.5, 0.6) is 0 Å². The summed E-state index contributed by atoms with van der Waals surface area (Å²) in [5.74, 6) is 0.440. The Morgan fingerprint density at radius 2 is 1.03 bits per heavy atom. The third-order valence-corrected chi connectivity index (χ3v) is 7.60. The van der Waals surface area contributed by atoms with Gasteiger partial charge in [0.05, 0.1) is 0 Å². The third-order valence-electron chi connectivity index (χ3n) is 7.60. The molecule has 0 radical (unpaired) electrons. The lowest BCUT2D eigenvalue weighted by atomic mass is 9.90. The molecule has 2 nitrogen and oxygen atoms in total. The van der Waals surface area contributed by atoms with Gasteiger partial charge in [-0.1, -0.05) is 81.8 Å². The Morgan fingerprint density at radius 1 is 0.541 bits per heavy atom. The van der Waals surface area contributed by atoms with Gasteiger partial charge in [0, 0.05) is 28.7 Å². The molecule has 0 aromatic heterocycles. The second-order valence-corrected chi connectivity index (χ2v) is 10.7. The number of anilines is 4. The van der Waals surface area contributed by atoms with E-state index in [4.69, 9.17) is 0 Å². The summed E-state index contributed by atoms with van der Waals surface area (Å²) in [6.45, 7) is 6.57. The molecule has 4 aromatic carbocycles. The van der Waals surface area contributed by atoms with Gasteiger partial charge in [-0.25, -0.2) is 0 Å². The first-order chi connectivity index (χ1) is 18.1. The first-order valence-electron chi connectivity index (χ1n) is 14.1. The molecule has 0 unspecified atom stereocenters. The van der Waals surface area contributed by atoms with Crippen LogP contribution in [0.25, 0.3) is 11.1 Å². The van der Waals surface area contributed by atoms with Gasteiger partial charge in [-0.3, -0.25) is 0 Å². The minimum absolute atomic E-state index is 0.440. The summed E-state index contributed by atoms with van der Waals surface area (Å²) in [7, 11) is 0. The van der Waals surface area contributed by atoms with Crippen LogP contribution in [0.4, 0.5) is 22.7 Å². The number of benzene rings is 4. The van der Waals surface area contributed by atoms with E-state index < -0.39 is 0 Å². The van der Waals surface area contributed by atoms with Crippen molar-refractivity contribution in [3.8, 4) is 11.1 Å². The molecular weight excluding hydrogens is 448 g/mol. The van der Waals surface area contributed by atoms with E-state index in [0.717, 1.165) is 11.4 Å². The average Bonchev–Trinajstić information content (AvgIpc) is 3.18. The zero-order valence-electron chi connectivity index (χ0n) is 22.6. The van der Waals surface area contributed by atoms with E-state index >= 15 is 0 Å². The van der Waals surface area contributed by atoms with E-state index in [0.29, 0.717) is 5.92 Å². The number of hydrogen-bond donors (Lipinski definition) is 2. The lowest BCUT2D eigenvalue weighted by Gasteiger charge is -2.16. The van der Waals surface area contributed by atoms with Crippen molar-refractivity contribution in [3.63, 3.8) is 0 Å². The summed E-state index contributed by atoms with van der Waals surface area (Å²) in [6.07, 6.45) is 9.18. The largest absolute Gasteiger partial charge is 0.356 e. The monoisotopic (exact) mass is 488 g/mol. The molecule has 0 spiro atoms. The number of rotatable bonds is 11. The lowest BCUT2D eigenvalue weighted by Crippen LogP contribution is -2.00. The second kappa shape index (κ2) is 11.7. The molecule has 5 rings (SSSR count). The molecule has 2 heteroatoms. The Kier molecular flexibility index (Phi) is 7.94. The molecule has 1 aliphatic carbocycles. The topological polar surface area (TPSA) is 24.1 Å². The number of unbranched alkanes of at least 4 members (excludes halogenated alkanes) is 5. The van der Waals surface area contributed by atoms with Gasteiger partial charge >= 0.3 is 0 Å². The van der Waals surface area contributed by atoms with Gasteiger partial charge in [-0.2, -0.15) is 0 Å². The van der Waals surface area contributed by atoms with Crippen LogP contribution in [0.2, 0.25) is 0 Å². The molecule has 37 heavy (non-hydrogen) atoms. The van der Waals surface area contributed by atoms with E-state index in [9.17, 15) is 0 Å². The second-order valence-electron chi connectivity index (χ2n) is 10.7. The maximum atomic E-state index is 3.65. The molecule has 0 bridgehead atoms. The molecule has 0 fully saturated rings. The van der Waals surface area contributed by atoms with Crippen LogP contribution >= 0.6 is 0 Å². The molecule has 0 saturated carbocycles. The fraction of sp³-hybridized carbons (Fsp3) is 0.314. The highest BCUT2D eigenvalue weighted by Gasteiger charge is 2.29. The van der Waals surface area contributed by atoms with Crippen LogP contribution in [-0.2, 0) is 0 Å². The fourth-order valence-electron chi connectivity index (χ4n) is 5.73. The SMILES string of the molecule is CCCCCCCCC1c2cc(Nc3cccc(C)c3)ccc2-c2ccc(Nc3cccc(C)c3)cc21. The first-order valence-corrected chi connectivity index (χ1v) is 14.1. The molecule has 2 N–H and O–H groups in total. The van der Waals surface area contributed by atoms with Crippen molar-refractivity contribution in [1.82, 2.24) is 0 Å². The molecule has 0 atom stereocenters. The van der Waals surface area contributed by atoms with Crippen LogP contribution in [0.3, 0.4) is 0 Å². The molecule has 4 aromatic rings. The van der Waals surface area contributed by atoms with Gasteiger partial charge in [0.15, 0.2) is 0 Å². The third kappa shape index (κ3) is 6.07. The maximum absolute atomic E-state index is 3.65. The van der Waals surface area contributed by atoms with Crippen LogP contribution in [0.1, 0.15) is 80.0 Å². The van der Waals surface area contributed by atoms with Gasteiger partial charge in [0.1, 0.15) is 0 Å². The summed E-state index contributed by atoms with van der Waals surface area (Å²) in [4.78, 5) is 0. The van der Waals surface area contributed by atoms with Crippen molar-refractivity contribution in [1.29, 1.82) is 0 Å². The van der Waals surface area contributed by atoms with Gasteiger partial charge in [0.2, 0.25) is 0 Å². The van der Waals surface area contributed by atoms with E-state index in [1.807, 2.05) is 0 Å². The van der Waals surface area contributed by atoms with E-state index in [2.05, 4.69) is 116 Å². The predicted octanol–water partition coefficient (Wildman–Crippen LogP) is 10.7. The number of nitrogens with one attached hydrogen (secondary N) is 2.